The SMILES string of the molecule is O=C(NCCCN1CCN(c2nccc3ccccc23)CC1)c1cc2ccoc2cn1. The van der Waals surface area contributed by atoms with Gasteiger partial charge in [0.25, 0.3) is 5.91 Å². The Labute approximate surface area is 180 Å². The van der Waals surface area contributed by atoms with E-state index in [1.807, 2.05) is 12.3 Å². The molecule has 1 fully saturated rings. The highest BCUT2D eigenvalue weighted by atomic mass is 16.3. The number of pyridine rings is 2. The standard InChI is InChI=1S/C24H25N5O2/c30-24(21-16-19-7-15-31-22(19)17-27-21)26-8-3-10-28-11-13-29(14-12-28)23-20-5-2-1-4-18(20)6-9-25-23/h1-2,4-7,9,15-17H,3,8,10-14H2,(H,26,30). The van der Waals surface area contributed by atoms with Crippen molar-refractivity contribution < 1.29 is 9.21 Å². The maximum absolute atomic E-state index is 12.3. The molecule has 158 valence electrons. The summed E-state index contributed by atoms with van der Waals surface area (Å²) in [5.41, 5.74) is 1.11. The molecular weight excluding hydrogens is 390 g/mol. The lowest BCUT2D eigenvalue weighted by Crippen LogP contribution is -2.47. The minimum Gasteiger partial charge on any atom is -0.463 e. The van der Waals surface area contributed by atoms with Gasteiger partial charge in [0.1, 0.15) is 11.5 Å². The average Bonchev–Trinajstić information content (AvgIpc) is 3.30. The third kappa shape index (κ3) is 4.22. The number of carbonyl (C=O) groups is 1. The second-order valence-electron chi connectivity index (χ2n) is 7.82. The van der Waals surface area contributed by atoms with Crippen molar-refractivity contribution in [3.8, 4) is 0 Å². The summed E-state index contributed by atoms with van der Waals surface area (Å²) in [4.78, 5) is 26.0. The number of nitrogens with zero attached hydrogens (tertiary/aromatic N) is 4. The molecular formula is C24H25N5O2. The number of benzene rings is 1. The maximum Gasteiger partial charge on any atom is 0.269 e. The predicted octanol–water partition coefficient (Wildman–Crippen LogP) is 3.32. The summed E-state index contributed by atoms with van der Waals surface area (Å²) >= 11 is 0. The highest BCUT2D eigenvalue weighted by Gasteiger charge is 2.19. The lowest BCUT2D eigenvalue weighted by molar-refractivity contribution is 0.0946. The van der Waals surface area contributed by atoms with Crippen LogP contribution in [0.15, 0.2) is 65.5 Å². The molecule has 3 aromatic heterocycles. The number of carbonyl (C=O) groups excluding carboxylic acids is 1. The van der Waals surface area contributed by atoms with Crippen LogP contribution in [0.4, 0.5) is 5.82 Å². The molecule has 0 saturated carbocycles. The van der Waals surface area contributed by atoms with E-state index in [-0.39, 0.29) is 5.91 Å². The average molecular weight is 415 g/mol. The summed E-state index contributed by atoms with van der Waals surface area (Å²) in [6.45, 7) is 5.51. The number of hydrogen-bond acceptors (Lipinski definition) is 6. The van der Waals surface area contributed by atoms with Gasteiger partial charge in [0.05, 0.1) is 12.5 Å². The van der Waals surface area contributed by atoms with E-state index in [0.717, 1.165) is 50.3 Å². The van der Waals surface area contributed by atoms with E-state index in [9.17, 15) is 4.79 Å². The highest BCUT2D eigenvalue weighted by molar-refractivity contribution is 5.95. The molecule has 4 heterocycles. The Bertz CT molecular complexity index is 1190. The number of nitrogens with one attached hydrogen (secondary N) is 1. The normalized spacial score (nSPS) is 14.9. The van der Waals surface area contributed by atoms with Gasteiger partial charge in [-0.1, -0.05) is 24.3 Å². The number of aromatic nitrogens is 2. The summed E-state index contributed by atoms with van der Waals surface area (Å²) in [7, 11) is 0. The van der Waals surface area contributed by atoms with Crippen LogP contribution in [0.1, 0.15) is 16.9 Å². The molecule has 1 aliphatic rings. The molecule has 1 amide bonds. The second-order valence-corrected chi connectivity index (χ2v) is 7.82. The van der Waals surface area contributed by atoms with Gasteiger partial charge >= 0.3 is 0 Å². The molecule has 7 nitrogen and oxygen atoms in total. The van der Waals surface area contributed by atoms with Crippen LogP contribution in [0.25, 0.3) is 21.7 Å². The third-order valence-corrected chi connectivity index (χ3v) is 5.83. The zero-order chi connectivity index (χ0) is 21.0. The predicted molar refractivity (Wildman–Crippen MR) is 121 cm³/mol. The van der Waals surface area contributed by atoms with Crippen LogP contribution in [0, 0.1) is 0 Å². The third-order valence-electron chi connectivity index (χ3n) is 5.83. The molecule has 1 saturated heterocycles. The number of fused-ring (bicyclic) bond motifs is 2. The van der Waals surface area contributed by atoms with Crippen LogP contribution >= 0.6 is 0 Å². The van der Waals surface area contributed by atoms with Gasteiger partial charge in [0.2, 0.25) is 0 Å². The van der Waals surface area contributed by atoms with Crippen molar-refractivity contribution in [1.29, 1.82) is 0 Å². The molecule has 1 N–H and O–H groups in total. The van der Waals surface area contributed by atoms with Crippen molar-refractivity contribution in [3.63, 3.8) is 0 Å². The fraction of sp³-hybridized carbons (Fsp3) is 0.292. The van der Waals surface area contributed by atoms with Crippen LogP contribution in [-0.4, -0.2) is 60.0 Å². The molecule has 31 heavy (non-hydrogen) atoms. The number of piperazine rings is 1. The van der Waals surface area contributed by atoms with Crippen LogP contribution in [-0.2, 0) is 0 Å². The van der Waals surface area contributed by atoms with Crippen LogP contribution < -0.4 is 10.2 Å². The van der Waals surface area contributed by atoms with Crippen molar-refractivity contribution in [3.05, 3.63) is 66.8 Å². The summed E-state index contributed by atoms with van der Waals surface area (Å²) in [6, 6.07) is 14.1. The number of hydrogen-bond donors (Lipinski definition) is 1. The smallest absolute Gasteiger partial charge is 0.269 e. The molecule has 0 radical (unpaired) electrons. The van der Waals surface area contributed by atoms with Crippen LogP contribution in [0.3, 0.4) is 0 Å². The van der Waals surface area contributed by atoms with Crippen molar-refractivity contribution in [2.45, 2.75) is 6.42 Å². The maximum atomic E-state index is 12.3. The Morgan fingerprint density at radius 2 is 1.90 bits per heavy atom. The van der Waals surface area contributed by atoms with E-state index in [0.29, 0.717) is 17.8 Å². The Balaban J connectivity index is 1.08. The van der Waals surface area contributed by atoms with Gasteiger partial charge in [0, 0.05) is 49.7 Å². The summed E-state index contributed by atoms with van der Waals surface area (Å²) in [5, 5.41) is 6.30. The van der Waals surface area contributed by atoms with Gasteiger partial charge < -0.3 is 14.6 Å². The molecule has 4 aromatic rings. The van der Waals surface area contributed by atoms with Crippen molar-refractivity contribution in [2.24, 2.45) is 0 Å². The first-order chi connectivity index (χ1) is 15.3. The molecule has 0 bridgehead atoms. The lowest BCUT2D eigenvalue weighted by Gasteiger charge is -2.35. The van der Waals surface area contributed by atoms with Crippen molar-refractivity contribution >= 4 is 33.5 Å². The fourth-order valence-electron chi connectivity index (χ4n) is 4.13. The van der Waals surface area contributed by atoms with E-state index in [2.05, 4.69) is 55.4 Å². The minimum absolute atomic E-state index is 0.144. The van der Waals surface area contributed by atoms with Gasteiger partial charge in [0.15, 0.2) is 5.58 Å². The number of amides is 1. The Morgan fingerprint density at radius 1 is 1.03 bits per heavy atom. The molecule has 1 aromatic carbocycles. The first kappa shape index (κ1) is 19.5. The van der Waals surface area contributed by atoms with E-state index in [1.54, 1.807) is 18.5 Å². The van der Waals surface area contributed by atoms with E-state index < -0.39 is 0 Å². The second kappa shape index (κ2) is 8.73. The van der Waals surface area contributed by atoms with Crippen LogP contribution in [0.2, 0.25) is 0 Å². The Kier molecular flexibility index (Phi) is 5.50. The van der Waals surface area contributed by atoms with E-state index in [1.165, 1.54) is 10.8 Å². The topological polar surface area (TPSA) is 74.5 Å². The fourth-order valence-corrected chi connectivity index (χ4v) is 4.13. The summed E-state index contributed by atoms with van der Waals surface area (Å²) < 4.78 is 5.27. The van der Waals surface area contributed by atoms with E-state index >= 15 is 0 Å². The zero-order valence-corrected chi connectivity index (χ0v) is 17.3. The first-order valence-electron chi connectivity index (χ1n) is 10.7. The lowest BCUT2D eigenvalue weighted by atomic mass is 10.1. The molecule has 1 aliphatic heterocycles. The van der Waals surface area contributed by atoms with Crippen LogP contribution in [0.5, 0.6) is 0 Å². The zero-order valence-electron chi connectivity index (χ0n) is 17.3. The Morgan fingerprint density at radius 3 is 2.81 bits per heavy atom. The molecule has 5 rings (SSSR count). The van der Waals surface area contributed by atoms with Gasteiger partial charge in [-0.2, -0.15) is 0 Å². The molecule has 7 heteroatoms. The first-order valence-corrected chi connectivity index (χ1v) is 10.7. The highest BCUT2D eigenvalue weighted by Crippen LogP contribution is 2.25. The van der Waals surface area contributed by atoms with Gasteiger partial charge in [-0.25, -0.2) is 9.97 Å². The monoisotopic (exact) mass is 415 g/mol. The molecule has 0 spiro atoms. The number of furan rings is 1. The van der Waals surface area contributed by atoms with Crippen molar-refractivity contribution in [1.82, 2.24) is 20.2 Å². The van der Waals surface area contributed by atoms with Crippen molar-refractivity contribution in [2.75, 3.05) is 44.2 Å². The van der Waals surface area contributed by atoms with Gasteiger partial charge in [-0.15, -0.1) is 0 Å². The number of anilines is 1. The number of rotatable bonds is 6. The summed E-state index contributed by atoms with van der Waals surface area (Å²) in [6.07, 6.45) is 6.00. The quantitative estimate of drug-likeness (QED) is 0.487. The largest absolute Gasteiger partial charge is 0.463 e. The summed E-state index contributed by atoms with van der Waals surface area (Å²) in [5.74, 6) is 0.932. The van der Waals surface area contributed by atoms with E-state index in [4.69, 9.17) is 4.42 Å². The molecule has 0 unspecified atom stereocenters. The molecule has 0 atom stereocenters. The minimum atomic E-state index is -0.144. The van der Waals surface area contributed by atoms with Gasteiger partial charge in [-0.05, 0) is 36.6 Å². The van der Waals surface area contributed by atoms with Gasteiger partial charge in [-0.3, -0.25) is 9.69 Å². The molecule has 0 aliphatic carbocycles. The Hall–Kier alpha value is -3.45.